The van der Waals surface area contributed by atoms with Gasteiger partial charge in [-0.05, 0) is 39.3 Å². The van der Waals surface area contributed by atoms with E-state index in [1.807, 2.05) is 13.8 Å². The average Bonchev–Trinajstić information content (AvgIpc) is 3.22. The SMILES string of the molecule is CCOc1ccc(Cc2c(O[C@@H]3O[C@H](COC(C)=O)[C@@H](OC(C)=O)[C@H](OC(C)=O)[C@H]3OC(C)=O)nn(C(C)C)c2C)c(F)c1. The van der Waals surface area contributed by atoms with E-state index in [1.54, 1.807) is 30.7 Å². The zero-order chi connectivity index (χ0) is 32.7. The third kappa shape index (κ3) is 8.68. The maximum atomic E-state index is 15.1. The zero-order valence-corrected chi connectivity index (χ0v) is 26.1. The van der Waals surface area contributed by atoms with E-state index >= 15 is 4.39 Å². The summed E-state index contributed by atoms with van der Waals surface area (Å²) in [5, 5.41) is 4.59. The Morgan fingerprint density at radius 3 is 2.11 bits per heavy atom. The molecule has 242 valence electrons. The van der Waals surface area contributed by atoms with Gasteiger partial charge < -0.3 is 33.2 Å². The fourth-order valence-electron chi connectivity index (χ4n) is 4.84. The van der Waals surface area contributed by atoms with E-state index in [1.165, 1.54) is 13.0 Å². The number of hydrogen-bond acceptors (Lipinski definition) is 12. The summed E-state index contributed by atoms with van der Waals surface area (Å²) < 4.78 is 56.0. The summed E-state index contributed by atoms with van der Waals surface area (Å²) in [6.07, 6.45) is -6.84. The highest BCUT2D eigenvalue weighted by atomic mass is 19.1. The second-order valence-corrected chi connectivity index (χ2v) is 10.5. The lowest BCUT2D eigenvalue weighted by molar-refractivity contribution is -0.289. The van der Waals surface area contributed by atoms with Gasteiger partial charge in [0.2, 0.25) is 18.3 Å². The van der Waals surface area contributed by atoms with Crippen molar-refractivity contribution in [2.75, 3.05) is 13.2 Å². The van der Waals surface area contributed by atoms with E-state index in [0.717, 1.165) is 20.8 Å². The Bertz CT molecular complexity index is 1360. The largest absolute Gasteiger partial charge is 0.494 e. The number of hydrogen-bond donors (Lipinski definition) is 0. The minimum absolute atomic E-state index is 0.0328. The van der Waals surface area contributed by atoms with Crippen molar-refractivity contribution in [2.45, 2.75) is 98.6 Å². The molecule has 0 bridgehead atoms. The van der Waals surface area contributed by atoms with Gasteiger partial charge in [-0.2, -0.15) is 0 Å². The van der Waals surface area contributed by atoms with Crippen molar-refractivity contribution >= 4 is 23.9 Å². The molecule has 0 saturated carbocycles. The third-order valence-electron chi connectivity index (χ3n) is 6.60. The minimum Gasteiger partial charge on any atom is -0.494 e. The van der Waals surface area contributed by atoms with E-state index in [2.05, 4.69) is 5.10 Å². The van der Waals surface area contributed by atoms with Crippen LogP contribution < -0.4 is 9.47 Å². The minimum atomic E-state index is -1.49. The molecule has 1 aliphatic heterocycles. The molecule has 0 N–H and O–H groups in total. The number of halogens is 1. The van der Waals surface area contributed by atoms with Gasteiger partial charge in [0.25, 0.3) is 0 Å². The van der Waals surface area contributed by atoms with Crippen LogP contribution in [0.2, 0.25) is 0 Å². The second kappa shape index (κ2) is 15.0. The maximum Gasteiger partial charge on any atom is 0.303 e. The first-order valence-corrected chi connectivity index (χ1v) is 14.2. The molecular formula is C30H39FN2O11. The van der Waals surface area contributed by atoms with Crippen molar-refractivity contribution in [1.82, 2.24) is 9.78 Å². The summed E-state index contributed by atoms with van der Waals surface area (Å²) in [6, 6.07) is 4.43. The van der Waals surface area contributed by atoms with E-state index in [4.69, 9.17) is 33.2 Å². The van der Waals surface area contributed by atoms with Crippen LogP contribution in [0.25, 0.3) is 0 Å². The lowest BCUT2D eigenvalue weighted by Crippen LogP contribution is -2.63. The molecule has 14 heteroatoms. The van der Waals surface area contributed by atoms with Gasteiger partial charge in [-0.1, -0.05) is 6.07 Å². The van der Waals surface area contributed by atoms with Crippen molar-refractivity contribution in [1.29, 1.82) is 0 Å². The van der Waals surface area contributed by atoms with Gasteiger partial charge in [0.1, 0.15) is 24.3 Å². The number of carbonyl (C=O) groups excluding carboxylic acids is 4. The Labute approximate surface area is 254 Å². The second-order valence-electron chi connectivity index (χ2n) is 10.5. The normalized spacial score (nSPS) is 21.4. The Morgan fingerprint density at radius 1 is 0.955 bits per heavy atom. The molecule has 0 radical (unpaired) electrons. The smallest absolute Gasteiger partial charge is 0.303 e. The highest BCUT2D eigenvalue weighted by Gasteiger charge is 2.53. The molecule has 0 unspecified atom stereocenters. The molecule has 13 nitrogen and oxygen atoms in total. The van der Waals surface area contributed by atoms with Gasteiger partial charge in [0.05, 0.1) is 6.61 Å². The topological polar surface area (TPSA) is 151 Å². The summed E-state index contributed by atoms with van der Waals surface area (Å²) >= 11 is 0. The van der Waals surface area contributed by atoms with Gasteiger partial charge in [-0.15, -0.1) is 5.10 Å². The Hall–Kier alpha value is -4.20. The van der Waals surface area contributed by atoms with E-state index < -0.39 is 67.0 Å². The molecule has 3 rings (SSSR count). The molecule has 0 spiro atoms. The number of aromatic nitrogens is 2. The van der Waals surface area contributed by atoms with Crippen LogP contribution in [0.5, 0.6) is 11.6 Å². The molecule has 1 saturated heterocycles. The van der Waals surface area contributed by atoms with Gasteiger partial charge in [0.15, 0.2) is 12.2 Å². The van der Waals surface area contributed by atoms with Crippen LogP contribution in [0.3, 0.4) is 0 Å². The monoisotopic (exact) mass is 622 g/mol. The quantitative estimate of drug-likeness (QED) is 0.252. The first kappa shape index (κ1) is 34.3. The van der Waals surface area contributed by atoms with Gasteiger partial charge in [-0.25, -0.2) is 4.39 Å². The standard InChI is InChI=1S/C30H39FN2O11/c1-9-38-22-11-10-21(24(31)13-22)12-23-16(4)33(15(2)3)32-29(23)44-30-28(42-20(8)37)27(41-19(7)36)26(40-18(6)35)25(43-30)14-39-17(5)34/h10-11,13,15,25-28,30H,9,12,14H2,1-8H3/t25-,26-,27+,28-,30+/m1/s1. The van der Waals surface area contributed by atoms with Crippen molar-refractivity contribution in [3.05, 3.63) is 40.8 Å². The molecule has 1 aromatic heterocycles. The number of rotatable bonds is 12. The lowest BCUT2D eigenvalue weighted by Gasteiger charge is -2.43. The molecule has 5 atom stereocenters. The molecular weight excluding hydrogens is 583 g/mol. The first-order valence-electron chi connectivity index (χ1n) is 14.2. The summed E-state index contributed by atoms with van der Waals surface area (Å²) in [5.74, 6) is -3.03. The van der Waals surface area contributed by atoms with E-state index in [-0.39, 0.29) is 18.3 Å². The number of carbonyl (C=O) groups is 4. The van der Waals surface area contributed by atoms with E-state index in [9.17, 15) is 19.2 Å². The summed E-state index contributed by atoms with van der Waals surface area (Å²) in [4.78, 5) is 48.0. The van der Waals surface area contributed by atoms with Crippen molar-refractivity contribution in [3.63, 3.8) is 0 Å². The maximum absolute atomic E-state index is 15.1. The van der Waals surface area contributed by atoms with Crippen LogP contribution >= 0.6 is 0 Å². The van der Waals surface area contributed by atoms with Crippen LogP contribution in [0.4, 0.5) is 4.39 Å². The molecule has 2 aromatic rings. The van der Waals surface area contributed by atoms with Gasteiger partial charge >= 0.3 is 23.9 Å². The predicted molar refractivity (Wildman–Crippen MR) is 150 cm³/mol. The van der Waals surface area contributed by atoms with Gasteiger partial charge in [-0.3, -0.25) is 23.9 Å². The van der Waals surface area contributed by atoms with E-state index in [0.29, 0.717) is 29.2 Å². The summed E-state index contributed by atoms with van der Waals surface area (Å²) in [6.45, 7) is 11.9. The summed E-state index contributed by atoms with van der Waals surface area (Å²) in [5.41, 5.74) is 1.52. The van der Waals surface area contributed by atoms with Crippen molar-refractivity contribution < 1.29 is 56.7 Å². The number of ether oxygens (including phenoxy) is 7. The molecule has 0 aliphatic carbocycles. The Morgan fingerprint density at radius 2 is 1.57 bits per heavy atom. The third-order valence-corrected chi connectivity index (χ3v) is 6.60. The van der Waals surface area contributed by atoms with Crippen molar-refractivity contribution in [2.24, 2.45) is 0 Å². The Balaban J connectivity index is 2.09. The van der Waals surface area contributed by atoms with Crippen LogP contribution in [-0.2, 0) is 49.3 Å². The van der Waals surface area contributed by atoms with Crippen LogP contribution in [-0.4, -0.2) is 77.6 Å². The van der Waals surface area contributed by atoms with Gasteiger partial charge in [0, 0.05) is 57.5 Å². The molecule has 44 heavy (non-hydrogen) atoms. The van der Waals surface area contributed by atoms with Crippen LogP contribution in [0.1, 0.15) is 71.3 Å². The molecule has 2 heterocycles. The van der Waals surface area contributed by atoms with Crippen molar-refractivity contribution in [3.8, 4) is 11.6 Å². The molecule has 1 aromatic carbocycles. The zero-order valence-electron chi connectivity index (χ0n) is 26.1. The predicted octanol–water partition coefficient (Wildman–Crippen LogP) is 3.36. The first-order chi connectivity index (χ1) is 20.7. The molecule has 0 amide bonds. The Kier molecular flexibility index (Phi) is 11.7. The molecule has 1 aliphatic rings. The van der Waals surface area contributed by atoms with Crippen LogP contribution in [0.15, 0.2) is 18.2 Å². The lowest BCUT2D eigenvalue weighted by atomic mass is 9.98. The fourth-order valence-corrected chi connectivity index (χ4v) is 4.84. The average molecular weight is 623 g/mol. The number of esters is 4. The van der Waals surface area contributed by atoms with Crippen LogP contribution in [0, 0.1) is 12.7 Å². The highest BCUT2D eigenvalue weighted by molar-refractivity contribution is 5.68. The molecule has 1 fully saturated rings. The highest BCUT2D eigenvalue weighted by Crippen LogP contribution is 2.34. The summed E-state index contributed by atoms with van der Waals surface area (Å²) in [7, 11) is 0. The number of nitrogens with zero attached hydrogens (tertiary/aromatic N) is 2. The fraction of sp³-hybridized carbons (Fsp3) is 0.567. The number of benzene rings is 1.